The van der Waals surface area contributed by atoms with Crippen molar-refractivity contribution in [3.63, 3.8) is 0 Å². The highest BCUT2D eigenvalue weighted by Gasteiger charge is 2.13. The second-order valence-electron chi connectivity index (χ2n) is 4.33. The van der Waals surface area contributed by atoms with Crippen LogP contribution in [-0.2, 0) is 11.3 Å². The van der Waals surface area contributed by atoms with E-state index in [1.807, 2.05) is 30.3 Å². The number of nitrogens with zero attached hydrogens (tertiary/aromatic N) is 1. The van der Waals surface area contributed by atoms with Gasteiger partial charge < -0.3 is 4.74 Å². The van der Waals surface area contributed by atoms with Gasteiger partial charge in [-0.25, -0.2) is 0 Å². The van der Waals surface area contributed by atoms with Gasteiger partial charge in [-0.05, 0) is 23.3 Å². The number of hydrogen-bond donors (Lipinski definition) is 0. The quantitative estimate of drug-likeness (QED) is 0.473. The molecule has 0 aliphatic carbocycles. The summed E-state index contributed by atoms with van der Waals surface area (Å²) in [6.45, 7) is 0.533. The molecule has 0 aromatic heterocycles. The first-order valence-corrected chi connectivity index (χ1v) is 6.20. The Kier molecular flexibility index (Phi) is 4.63. The predicted octanol–water partition coefficient (Wildman–Crippen LogP) is 3.61. The van der Waals surface area contributed by atoms with Crippen molar-refractivity contribution in [3.8, 4) is 0 Å². The van der Waals surface area contributed by atoms with E-state index in [-0.39, 0.29) is 10.6 Å². The SMILES string of the molecule is COCc1ccc(C=C(c2ccccc2)[N+](=O)[O-])cc1. The van der Waals surface area contributed by atoms with E-state index in [1.54, 1.807) is 37.5 Å². The van der Waals surface area contributed by atoms with Crippen LogP contribution in [0, 0.1) is 10.1 Å². The molecule has 0 atom stereocenters. The van der Waals surface area contributed by atoms with E-state index in [0.717, 1.165) is 11.1 Å². The van der Waals surface area contributed by atoms with Gasteiger partial charge in [0.05, 0.1) is 17.1 Å². The molecule has 0 saturated heterocycles. The molecule has 0 heterocycles. The summed E-state index contributed by atoms with van der Waals surface area (Å²) >= 11 is 0. The Morgan fingerprint density at radius 2 is 1.80 bits per heavy atom. The second kappa shape index (κ2) is 6.63. The molecular weight excluding hydrogens is 254 g/mol. The molecule has 4 heteroatoms. The summed E-state index contributed by atoms with van der Waals surface area (Å²) in [5.41, 5.74) is 2.51. The maximum absolute atomic E-state index is 11.2. The fourth-order valence-corrected chi connectivity index (χ4v) is 1.88. The van der Waals surface area contributed by atoms with Crippen molar-refractivity contribution in [2.24, 2.45) is 0 Å². The van der Waals surface area contributed by atoms with Crippen LogP contribution < -0.4 is 0 Å². The number of hydrogen-bond acceptors (Lipinski definition) is 3. The normalized spacial score (nSPS) is 11.3. The summed E-state index contributed by atoms with van der Waals surface area (Å²) in [6.07, 6.45) is 1.58. The molecule has 20 heavy (non-hydrogen) atoms. The summed E-state index contributed by atoms with van der Waals surface area (Å²) in [5, 5.41) is 11.2. The molecule has 2 aromatic carbocycles. The van der Waals surface area contributed by atoms with Crippen molar-refractivity contribution < 1.29 is 9.66 Å². The number of methoxy groups -OCH3 is 1. The number of nitro groups is 1. The van der Waals surface area contributed by atoms with Gasteiger partial charge in [-0.15, -0.1) is 0 Å². The van der Waals surface area contributed by atoms with Crippen molar-refractivity contribution in [3.05, 3.63) is 81.4 Å². The van der Waals surface area contributed by atoms with Gasteiger partial charge in [0.25, 0.3) is 5.70 Å². The van der Waals surface area contributed by atoms with Crippen molar-refractivity contribution in [2.75, 3.05) is 7.11 Å². The van der Waals surface area contributed by atoms with E-state index in [1.165, 1.54) is 0 Å². The number of benzene rings is 2. The lowest BCUT2D eigenvalue weighted by Crippen LogP contribution is -1.97. The van der Waals surface area contributed by atoms with Crippen LogP contribution in [0.4, 0.5) is 0 Å². The minimum absolute atomic E-state index is 0.0880. The zero-order valence-corrected chi connectivity index (χ0v) is 11.2. The summed E-state index contributed by atoms with van der Waals surface area (Å²) in [5.74, 6) is 0. The van der Waals surface area contributed by atoms with E-state index >= 15 is 0 Å². The lowest BCUT2D eigenvalue weighted by atomic mass is 10.1. The van der Waals surface area contributed by atoms with Crippen LogP contribution in [0.25, 0.3) is 11.8 Å². The molecular formula is C16H15NO3. The smallest absolute Gasteiger partial charge is 0.277 e. The number of rotatable bonds is 5. The first-order chi connectivity index (χ1) is 9.70. The highest BCUT2D eigenvalue weighted by atomic mass is 16.6. The first-order valence-electron chi connectivity index (χ1n) is 6.20. The highest BCUT2D eigenvalue weighted by molar-refractivity contribution is 5.76. The largest absolute Gasteiger partial charge is 0.380 e. The molecule has 0 saturated carbocycles. The third kappa shape index (κ3) is 3.52. The van der Waals surface area contributed by atoms with E-state index in [0.29, 0.717) is 12.2 Å². The van der Waals surface area contributed by atoms with E-state index < -0.39 is 0 Å². The highest BCUT2D eigenvalue weighted by Crippen LogP contribution is 2.19. The van der Waals surface area contributed by atoms with Crippen molar-refractivity contribution in [1.29, 1.82) is 0 Å². The zero-order chi connectivity index (χ0) is 14.4. The Morgan fingerprint density at radius 1 is 1.15 bits per heavy atom. The summed E-state index contributed by atoms with van der Waals surface area (Å²) in [4.78, 5) is 10.8. The molecule has 4 nitrogen and oxygen atoms in total. The maximum Gasteiger partial charge on any atom is 0.277 e. The van der Waals surface area contributed by atoms with E-state index in [9.17, 15) is 10.1 Å². The van der Waals surface area contributed by atoms with Crippen molar-refractivity contribution in [1.82, 2.24) is 0 Å². The third-order valence-electron chi connectivity index (χ3n) is 2.86. The molecule has 0 radical (unpaired) electrons. The maximum atomic E-state index is 11.2. The van der Waals surface area contributed by atoms with Gasteiger partial charge >= 0.3 is 0 Å². The molecule has 0 unspecified atom stereocenters. The molecule has 0 N–H and O–H groups in total. The third-order valence-corrected chi connectivity index (χ3v) is 2.86. The van der Waals surface area contributed by atoms with Gasteiger partial charge in [0.1, 0.15) is 0 Å². The Hall–Kier alpha value is -2.46. The van der Waals surface area contributed by atoms with Crippen LogP contribution in [0.3, 0.4) is 0 Å². The monoisotopic (exact) mass is 269 g/mol. The Morgan fingerprint density at radius 3 is 2.35 bits per heavy atom. The van der Waals surface area contributed by atoms with Crippen LogP contribution in [0.5, 0.6) is 0 Å². The van der Waals surface area contributed by atoms with Crippen molar-refractivity contribution in [2.45, 2.75) is 6.61 Å². The zero-order valence-electron chi connectivity index (χ0n) is 11.2. The average molecular weight is 269 g/mol. The lowest BCUT2D eigenvalue weighted by Gasteiger charge is -2.01. The summed E-state index contributed by atoms with van der Waals surface area (Å²) in [7, 11) is 1.63. The predicted molar refractivity (Wildman–Crippen MR) is 78.5 cm³/mol. The van der Waals surface area contributed by atoms with Crippen molar-refractivity contribution >= 4 is 11.8 Å². The summed E-state index contributed by atoms with van der Waals surface area (Å²) < 4.78 is 5.03. The first kappa shape index (κ1) is 14.0. The molecule has 2 aromatic rings. The van der Waals surface area contributed by atoms with Crippen LogP contribution in [0.15, 0.2) is 54.6 Å². The molecule has 0 fully saturated rings. The Bertz CT molecular complexity index is 603. The van der Waals surface area contributed by atoms with Gasteiger partial charge in [-0.2, -0.15) is 0 Å². The van der Waals surface area contributed by atoms with Crippen LogP contribution in [-0.4, -0.2) is 12.0 Å². The van der Waals surface area contributed by atoms with Gasteiger partial charge in [-0.3, -0.25) is 10.1 Å². The lowest BCUT2D eigenvalue weighted by molar-refractivity contribution is -0.374. The molecule has 0 bridgehead atoms. The molecule has 0 amide bonds. The minimum atomic E-state index is -0.363. The Labute approximate surface area is 117 Å². The van der Waals surface area contributed by atoms with Gasteiger partial charge in [0.15, 0.2) is 0 Å². The fraction of sp³-hybridized carbons (Fsp3) is 0.125. The standard InChI is InChI=1S/C16H15NO3/c1-20-12-14-9-7-13(8-10-14)11-16(17(18)19)15-5-3-2-4-6-15/h2-11H,12H2,1H3. The van der Waals surface area contributed by atoms with Gasteiger partial charge in [0.2, 0.25) is 0 Å². The molecule has 2 rings (SSSR count). The molecule has 102 valence electrons. The van der Waals surface area contributed by atoms with Gasteiger partial charge in [0, 0.05) is 13.2 Å². The Balaban J connectivity index is 2.32. The second-order valence-corrected chi connectivity index (χ2v) is 4.33. The van der Waals surface area contributed by atoms with Gasteiger partial charge in [-0.1, -0.05) is 42.5 Å². The minimum Gasteiger partial charge on any atom is -0.380 e. The van der Waals surface area contributed by atoms with Crippen LogP contribution >= 0.6 is 0 Å². The average Bonchev–Trinajstić information content (AvgIpc) is 2.47. The van der Waals surface area contributed by atoms with Crippen LogP contribution in [0.2, 0.25) is 0 Å². The van der Waals surface area contributed by atoms with E-state index in [4.69, 9.17) is 4.74 Å². The van der Waals surface area contributed by atoms with E-state index in [2.05, 4.69) is 0 Å². The summed E-state index contributed by atoms with van der Waals surface area (Å²) in [6, 6.07) is 16.4. The topological polar surface area (TPSA) is 52.4 Å². The number of ether oxygens (including phenoxy) is 1. The molecule has 0 aliphatic rings. The van der Waals surface area contributed by atoms with Crippen LogP contribution in [0.1, 0.15) is 16.7 Å². The molecule has 0 spiro atoms. The fourth-order valence-electron chi connectivity index (χ4n) is 1.88. The molecule has 0 aliphatic heterocycles.